The Morgan fingerprint density at radius 1 is 0.833 bits per heavy atom. The molecule has 0 unspecified atom stereocenters. The van der Waals surface area contributed by atoms with Crippen molar-refractivity contribution in [1.29, 1.82) is 0 Å². The number of hydrogen-bond donors (Lipinski definition) is 0. The first-order valence-electron chi connectivity index (χ1n) is 7.44. The highest BCUT2D eigenvalue weighted by atomic mass is 35.5. The van der Waals surface area contributed by atoms with Gasteiger partial charge in [0.05, 0.1) is 0 Å². The van der Waals surface area contributed by atoms with Gasteiger partial charge in [-0.2, -0.15) is 0 Å². The summed E-state index contributed by atoms with van der Waals surface area (Å²) in [5.41, 5.74) is 1.79. The Kier molecular flexibility index (Phi) is 3.76. The van der Waals surface area contributed by atoms with Crippen molar-refractivity contribution < 1.29 is 4.80 Å². The molecule has 2 aromatic heterocycles. The van der Waals surface area contributed by atoms with Crippen LogP contribution in [0.25, 0.3) is 22.9 Å². The third kappa shape index (κ3) is 2.77. The van der Waals surface area contributed by atoms with Gasteiger partial charge in [0, 0.05) is 21.8 Å². The Balaban J connectivity index is 1.90. The van der Waals surface area contributed by atoms with E-state index < -0.39 is 0 Å². The molecule has 6 heteroatoms. The van der Waals surface area contributed by atoms with E-state index >= 15 is 0 Å². The fourth-order valence-corrected chi connectivity index (χ4v) is 2.47. The topological polar surface area (TPSA) is 47.5 Å². The predicted octanol–water partition coefficient (Wildman–Crippen LogP) is 3.26. The lowest BCUT2D eigenvalue weighted by atomic mass is 10.2. The van der Waals surface area contributed by atoms with Crippen molar-refractivity contribution in [2.75, 3.05) is 0 Å². The molecular formula is C18H13ClN5+. The van der Waals surface area contributed by atoms with Crippen molar-refractivity contribution in [1.82, 2.24) is 20.0 Å². The minimum absolute atomic E-state index is 0.621. The molecule has 2 heterocycles. The van der Waals surface area contributed by atoms with Gasteiger partial charge < -0.3 is 0 Å². The quantitative estimate of drug-likeness (QED) is 0.540. The Bertz CT molecular complexity index is 950. The monoisotopic (exact) mass is 334 g/mol. The van der Waals surface area contributed by atoms with Crippen molar-refractivity contribution in [3.8, 4) is 22.9 Å². The normalized spacial score (nSPS) is 10.7. The maximum absolute atomic E-state index is 5.99. The Morgan fingerprint density at radius 2 is 1.58 bits per heavy atom. The van der Waals surface area contributed by atoms with Crippen molar-refractivity contribution in [3.05, 3.63) is 84.0 Å². The van der Waals surface area contributed by atoms with Gasteiger partial charge in [0.15, 0.2) is 0 Å². The van der Waals surface area contributed by atoms with Gasteiger partial charge in [-0.05, 0) is 57.2 Å². The van der Waals surface area contributed by atoms with Gasteiger partial charge in [-0.3, -0.25) is 0 Å². The van der Waals surface area contributed by atoms with Gasteiger partial charge in [0.1, 0.15) is 11.9 Å². The van der Waals surface area contributed by atoms with E-state index in [0.29, 0.717) is 16.7 Å². The maximum atomic E-state index is 5.99. The van der Waals surface area contributed by atoms with E-state index in [-0.39, 0.29) is 0 Å². The summed E-state index contributed by atoms with van der Waals surface area (Å²) < 4.78 is 0. The van der Waals surface area contributed by atoms with Crippen LogP contribution in [-0.4, -0.2) is 20.0 Å². The Labute approximate surface area is 143 Å². The van der Waals surface area contributed by atoms with E-state index in [1.807, 2.05) is 72.8 Å². The van der Waals surface area contributed by atoms with Crippen LogP contribution in [0.2, 0.25) is 5.02 Å². The highest BCUT2D eigenvalue weighted by molar-refractivity contribution is 6.30. The van der Waals surface area contributed by atoms with Gasteiger partial charge in [-0.15, -0.1) is 4.98 Å². The number of pyridine rings is 1. The minimum atomic E-state index is 0.621. The molecule has 4 aromatic rings. The van der Waals surface area contributed by atoms with Gasteiger partial charge >= 0.3 is 5.82 Å². The second-order valence-electron chi connectivity index (χ2n) is 5.13. The molecule has 0 radical (unpaired) electrons. The average Bonchev–Trinajstić information content (AvgIpc) is 3.09. The molecule has 0 N–H and O–H groups in total. The Hall–Kier alpha value is -3.05. The summed E-state index contributed by atoms with van der Waals surface area (Å²) in [6.07, 6.45) is 1.73. The van der Waals surface area contributed by atoms with Crippen LogP contribution in [0.3, 0.4) is 0 Å². The summed E-state index contributed by atoms with van der Waals surface area (Å²) in [6.45, 7) is 0. The van der Waals surface area contributed by atoms with Crippen LogP contribution in [0.5, 0.6) is 0 Å². The zero-order valence-electron chi connectivity index (χ0n) is 12.6. The number of tetrazole rings is 1. The zero-order chi connectivity index (χ0) is 16.4. The van der Waals surface area contributed by atoms with E-state index in [9.17, 15) is 0 Å². The highest BCUT2D eigenvalue weighted by Gasteiger charge is 2.21. The second kappa shape index (κ2) is 6.22. The number of nitrogens with zero attached hydrogens (tertiary/aromatic N) is 5. The van der Waals surface area contributed by atoms with E-state index in [4.69, 9.17) is 11.6 Å². The molecule has 116 valence electrons. The molecular weight excluding hydrogens is 322 g/mol. The van der Waals surface area contributed by atoms with Gasteiger partial charge in [0.25, 0.3) is 5.82 Å². The zero-order valence-corrected chi connectivity index (χ0v) is 13.4. The first-order chi connectivity index (χ1) is 11.8. The largest absolute Gasteiger partial charge is 0.306 e. The van der Waals surface area contributed by atoms with Gasteiger partial charge in [-0.1, -0.05) is 35.9 Å². The maximum Gasteiger partial charge on any atom is 0.306 e. The SMILES string of the molecule is Clc1ccc(-n2nc(-c3ccccc3)n[n+]2-c2ccccn2)cc1. The van der Waals surface area contributed by atoms with Crippen LogP contribution in [0.4, 0.5) is 0 Å². The molecule has 0 aliphatic carbocycles. The van der Waals surface area contributed by atoms with E-state index in [1.54, 1.807) is 15.8 Å². The minimum Gasteiger partial charge on any atom is -0.108 e. The summed E-state index contributed by atoms with van der Waals surface area (Å²) >= 11 is 5.99. The number of rotatable bonds is 3. The molecule has 0 saturated carbocycles. The molecule has 0 fully saturated rings. The fraction of sp³-hybridized carbons (Fsp3) is 0. The average molecular weight is 335 g/mol. The standard InChI is InChI=1S/C18H13ClN5/c19-15-9-11-16(12-10-15)23-21-18(14-6-2-1-3-7-14)22-24(23)17-8-4-5-13-20-17/h1-13H/q+1. The molecule has 0 aliphatic rings. The molecule has 0 spiro atoms. The van der Waals surface area contributed by atoms with E-state index in [2.05, 4.69) is 15.2 Å². The van der Waals surface area contributed by atoms with Crippen molar-refractivity contribution in [2.45, 2.75) is 0 Å². The summed E-state index contributed by atoms with van der Waals surface area (Å²) in [5, 5.41) is 9.94. The van der Waals surface area contributed by atoms with Crippen LogP contribution < -0.4 is 4.80 Å². The lowest BCUT2D eigenvalue weighted by Gasteiger charge is -1.99. The second-order valence-corrected chi connectivity index (χ2v) is 5.57. The van der Waals surface area contributed by atoms with Crippen molar-refractivity contribution >= 4 is 11.6 Å². The lowest BCUT2D eigenvalue weighted by Crippen LogP contribution is -2.44. The van der Waals surface area contributed by atoms with Crippen molar-refractivity contribution in [3.63, 3.8) is 0 Å². The molecule has 0 saturated heterocycles. The molecule has 0 aliphatic heterocycles. The fourth-order valence-electron chi connectivity index (χ4n) is 2.35. The highest BCUT2D eigenvalue weighted by Crippen LogP contribution is 2.15. The van der Waals surface area contributed by atoms with Crippen LogP contribution in [0.1, 0.15) is 0 Å². The lowest BCUT2D eigenvalue weighted by molar-refractivity contribution is -0.737. The number of halogens is 1. The first-order valence-corrected chi connectivity index (χ1v) is 7.81. The molecule has 0 bridgehead atoms. The molecule has 2 aromatic carbocycles. The van der Waals surface area contributed by atoms with Gasteiger partial charge in [-0.25, -0.2) is 0 Å². The number of hydrogen-bond acceptors (Lipinski definition) is 3. The third-order valence-electron chi connectivity index (χ3n) is 3.50. The molecule has 0 amide bonds. The molecule has 24 heavy (non-hydrogen) atoms. The summed E-state index contributed by atoms with van der Waals surface area (Å²) in [5.74, 6) is 1.30. The van der Waals surface area contributed by atoms with E-state index in [1.165, 1.54) is 0 Å². The van der Waals surface area contributed by atoms with Gasteiger partial charge in [0.2, 0.25) is 0 Å². The van der Waals surface area contributed by atoms with Crippen LogP contribution in [0, 0.1) is 0 Å². The smallest absolute Gasteiger partial charge is 0.108 e. The summed E-state index contributed by atoms with van der Waals surface area (Å²) in [4.78, 5) is 7.75. The molecule has 5 nitrogen and oxygen atoms in total. The van der Waals surface area contributed by atoms with Crippen LogP contribution in [-0.2, 0) is 0 Å². The predicted molar refractivity (Wildman–Crippen MR) is 91.1 cm³/mol. The Morgan fingerprint density at radius 3 is 2.29 bits per heavy atom. The first kappa shape index (κ1) is 14.5. The van der Waals surface area contributed by atoms with Crippen molar-refractivity contribution in [2.24, 2.45) is 0 Å². The van der Waals surface area contributed by atoms with Crippen LogP contribution >= 0.6 is 11.6 Å². The number of aromatic nitrogens is 5. The molecule has 0 atom stereocenters. The number of benzene rings is 2. The van der Waals surface area contributed by atoms with E-state index in [0.717, 1.165) is 11.3 Å². The molecule has 4 rings (SSSR count). The third-order valence-corrected chi connectivity index (χ3v) is 3.75. The van der Waals surface area contributed by atoms with Crippen LogP contribution in [0.15, 0.2) is 79.0 Å². The summed E-state index contributed by atoms with van der Waals surface area (Å²) in [6, 6.07) is 22.9. The summed E-state index contributed by atoms with van der Waals surface area (Å²) in [7, 11) is 0.